The largest absolute Gasteiger partial charge is 0.355 e. The number of fused-ring (bicyclic) bond motifs is 2. The maximum Gasteiger partial charge on any atom is 0.191 e. The first kappa shape index (κ1) is 30.9. The number of nitrogens with zero attached hydrogens (tertiary/aromatic N) is 4. The van der Waals surface area contributed by atoms with E-state index in [-0.39, 0.29) is 21.0 Å². The highest BCUT2D eigenvalue weighted by molar-refractivity contribution is 5.81. The van der Waals surface area contributed by atoms with Gasteiger partial charge in [-0.2, -0.15) is 0 Å². The smallest absolute Gasteiger partial charge is 0.191 e. The quantitative estimate of drug-likeness (QED) is 0.225. The maximum absolute atomic E-state index is 4.06. The molecule has 0 bridgehead atoms. The molecular formula is C24H41FN10. The van der Waals surface area contributed by atoms with E-state index < -0.39 is 0 Å². The van der Waals surface area contributed by atoms with Crippen molar-refractivity contribution >= 4 is 34.0 Å². The summed E-state index contributed by atoms with van der Waals surface area (Å²) < 4.78 is 0. The van der Waals surface area contributed by atoms with Crippen LogP contribution in [0.15, 0.2) is 71.2 Å². The zero-order valence-electron chi connectivity index (χ0n) is 18.8. The van der Waals surface area contributed by atoms with Gasteiger partial charge < -0.3 is 31.2 Å². The number of para-hydroxylation sites is 4. The van der Waals surface area contributed by atoms with Crippen LogP contribution >= 0.6 is 0 Å². The average molecular weight is 490 g/mol. The molecule has 6 rings (SSSR count). The van der Waals surface area contributed by atoms with E-state index in [4.69, 9.17) is 0 Å². The fraction of sp³-hybridized carbons (Fsp3) is 0.333. The zero-order chi connectivity index (χ0) is 22.4. The van der Waals surface area contributed by atoms with Crippen molar-refractivity contribution in [2.45, 2.75) is 14.9 Å². The minimum atomic E-state index is 0. The van der Waals surface area contributed by atoms with Gasteiger partial charge in [0, 0.05) is 41.7 Å². The molecule has 6 N–H and O–H groups in total. The number of H-pyrrole nitrogens is 2. The molecule has 0 atom stereocenters. The molecule has 0 unspecified atom stereocenters. The summed E-state index contributed by atoms with van der Waals surface area (Å²) in [5.74, 6) is 1.83. The van der Waals surface area contributed by atoms with E-state index in [0.29, 0.717) is 0 Å². The van der Waals surface area contributed by atoms with Crippen molar-refractivity contribution in [3.63, 3.8) is 0 Å². The van der Waals surface area contributed by atoms with Crippen molar-refractivity contribution in [3.8, 4) is 0 Å². The molecule has 0 aliphatic carbocycles. The van der Waals surface area contributed by atoms with Crippen LogP contribution < -0.4 is 21.3 Å². The molecule has 0 amide bonds. The van der Waals surface area contributed by atoms with E-state index in [1.54, 1.807) is 26.7 Å². The molecular weight excluding hydrogens is 447 g/mol. The minimum Gasteiger partial charge on any atom is -0.355 e. The predicted octanol–water partition coefficient (Wildman–Crippen LogP) is 3.13. The highest BCUT2D eigenvalue weighted by atomic mass is 19.0. The molecule has 0 radical (unpaired) electrons. The van der Waals surface area contributed by atoms with Gasteiger partial charge in [0.1, 0.15) is 0 Å². The summed E-state index contributed by atoms with van der Waals surface area (Å²) >= 11 is 0. The van der Waals surface area contributed by atoms with Crippen molar-refractivity contribution < 1.29 is 6.13 Å². The summed E-state index contributed by atoms with van der Waals surface area (Å²) in [6.45, 7) is 4.03. The van der Waals surface area contributed by atoms with E-state index in [2.05, 4.69) is 51.2 Å². The number of rotatable bonds is 0. The normalized spacial score (nSPS) is 12.5. The highest BCUT2D eigenvalue weighted by Crippen LogP contribution is 2.06. The first-order valence-corrected chi connectivity index (χ1v) is 10.5. The summed E-state index contributed by atoms with van der Waals surface area (Å²) in [5.41, 5.74) is 4.24. The molecule has 2 aromatic heterocycles. The number of aromatic nitrogens is 4. The Hall–Kier alpha value is -4.15. The van der Waals surface area contributed by atoms with Gasteiger partial charge in [-0.05, 0) is 24.3 Å². The Morgan fingerprint density at radius 1 is 0.629 bits per heavy atom. The molecule has 2 aliphatic heterocycles. The van der Waals surface area contributed by atoms with Gasteiger partial charge in [-0.1, -0.05) is 39.1 Å². The van der Waals surface area contributed by atoms with E-state index in [1.165, 1.54) is 0 Å². The van der Waals surface area contributed by atoms with Gasteiger partial charge in [-0.25, -0.2) is 9.97 Å². The van der Waals surface area contributed by atoms with Crippen LogP contribution in [0.2, 0.25) is 0 Å². The molecule has 2 saturated heterocycles. The van der Waals surface area contributed by atoms with Crippen LogP contribution in [0.25, 0.3) is 22.1 Å². The molecule has 10 nitrogen and oxygen atoms in total. The Morgan fingerprint density at radius 3 is 1.26 bits per heavy atom. The van der Waals surface area contributed by atoms with Crippen LogP contribution in [0.5, 0.6) is 0 Å². The molecule has 0 saturated carbocycles. The van der Waals surface area contributed by atoms with Crippen molar-refractivity contribution in [1.82, 2.24) is 41.2 Å². The summed E-state index contributed by atoms with van der Waals surface area (Å²) in [5, 5.41) is 12.2. The van der Waals surface area contributed by atoms with Crippen LogP contribution in [0, 0.1) is 0 Å². The Kier molecular flexibility index (Phi) is 15.3. The third-order valence-electron chi connectivity index (χ3n) is 4.52. The number of imidazole rings is 2. The molecule has 2 fully saturated rings. The summed E-state index contributed by atoms with van der Waals surface area (Å²) in [4.78, 5) is 21.9. The van der Waals surface area contributed by atoms with Crippen molar-refractivity contribution in [1.29, 1.82) is 0 Å². The van der Waals surface area contributed by atoms with Gasteiger partial charge in [-0.15, -0.1) is 0 Å². The van der Waals surface area contributed by atoms with Gasteiger partial charge >= 0.3 is 0 Å². The number of guanidine groups is 2. The lowest BCUT2D eigenvalue weighted by atomic mass is 10.3. The molecule has 2 aliphatic rings. The van der Waals surface area contributed by atoms with E-state index in [1.807, 2.05) is 48.5 Å². The molecule has 2 aromatic carbocycles. The van der Waals surface area contributed by atoms with Crippen molar-refractivity contribution in [2.24, 2.45) is 9.98 Å². The number of halogens is 1. The van der Waals surface area contributed by atoms with Crippen molar-refractivity contribution in [2.75, 3.05) is 40.3 Å². The van der Waals surface area contributed by atoms with Gasteiger partial charge in [0.2, 0.25) is 0 Å². The van der Waals surface area contributed by atoms with Gasteiger partial charge in [0.05, 0.1) is 34.7 Å². The number of benzene rings is 2. The third kappa shape index (κ3) is 10.1. The monoisotopic (exact) mass is 489 g/mol. The average Bonchev–Trinajstić information content (AvgIpc) is 3.67. The summed E-state index contributed by atoms with van der Waals surface area (Å²) in [6, 6.07) is 15.9. The first-order chi connectivity index (χ1) is 15.8. The van der Waals surface area contributed by atoms with Crippen LogP contribution in [0.1, 0.15) is 16.3 Å². The minimum absolute atomic E-state index is 0. The standard InChI is InChI=1S/2C7H6N2.2C4H9N3.2CH4.FH.H2/c2*1-2-4-7-6(3-1)8-5-9-7;2*1-5-4-6-2-3-7-4;;;;/h2*1-5H,(H,8,9);2*2-3H2,1H3,(H2,5,6,7);2*1H4;2*1H/i;;;;;;;1+1. The SMILES string of the molecule is C.C.CN=C1NCCN1.CN=C1NCCN1.F.[2HH].c1ccc2[nH]cnc2c1.c1ccc2[nH]cnc2c1. The number of hydrogen-bond donors (Lipinski definition) is 6. The van der Waals surface area contributed by atoms with Gasteiger partial charge in [0.25, 0.3) is 0 Å². The molecule has 0 spiro atoms. The van der Waals surface area contributed by atoms with E-state index in [9.17, 15) is 0 Å². The molecule has 194 valence electrons. The molecule has 4 aromatic rings. The maximum atomic E-state index is 4.06. The fourth-order valence-electron chi connectivity index (χ4n) is 2.92. The Labute approximate surface area is 208 Å². The third-order valence-corrected chi connectivity index (χ3v) is 4.52. The molecule has 4 heterocycles. The summed E-state index contributed by atoms with van der Waals surface area (Å²) in [6.07, 6.45) is 3.40. The Morgan fingerprint density at radius 2 is 0.971 bits per heavy atom. The zero-order valence-corrected chi connectivity index (χ0v) is 18.8. The number of aromatic amines is 2. The highest BCUT2D eigenvalue weighted by Gasteiger charge is 2.01. The van der Waals surface area contributed by atoms with Crippen LogP contribution in [0.4, 0.5) is 4.70 Å². The van der Waals surface area contributed by atoms with Crippen LogP contribution in [-0.4, -0.2) is 72.1 Å². The number of nitrogens with one attached hydrogen (secondary N) is 6. The van der Waals surface area contributed by atoms with Gasteiger partial charge in [-0.3, -0.25) is 14.7 Å². The van der Waals surface area contributed by atoms with Gasteiger partial charge in [0.15, 0.2) is 11.9 Å². The Bertz CT molecular complexity index is 976. The first-order valence-electron chi connectivity index (χ1n) is 10.5. The second kappa shape index (κ2) is 17.3. The summed E-state index contributed by atoms with van der Waals surface area (Å²) in [7, 11) is 3.53. The lowest BCUT2D eigenvalue weighted by Crippen LogP contribution is -2.23. The van der Waals surface area contributed by atoms with E-state index >= 15 is 0 Å². The van der Waals surface area contributed by atoms with Crippen LogP contribution in [0.3, 0.4) is 0 Å². The predicted molar refractivity (Wildman–Crippen MR) is 149 cm³/mol. The second-order valence-electron chi connectivity index (χ2n) is 6.69. The molecule has 35 heavy (non-hydrogen) atoms. The van der Waals surface area contributed by atoms with Crippen molar-refractivity contribution in [3.05, 3.63) is 61.2 Å². The topological polar surface area (TPSA) is 130 Å². The lowest BCUT2D eigenvalue weighted by Gasteiger charge is -1.90. The molecule has 11 heteroatoms. The van der Waals surface area contributed by atoms with Crippen LogP contribution in [-0.2, 0) is 0 Å². The fourth-order valence-corrected chi connectivity index (χ4v) is 2.92. The van der Waals surface area contributed by atoms with E-state index in [0.717, 1.165) is 60.2 Å². The number of hydrogen-bond acceptors (Lipinski definition) is 4. The lowest BCUT2D eigenvalue weighted by molar-refractivity contribution is 0.942. The number of aliphatic imine (C=N–C) groups is 2. The Balaban J connectivity index is 0. The second-order valence-corrected chi connectivity index (χ2v) is 6.69.